The Morgan fingerprint density at radius 3 is 2.07 bits per heavy atom. The quantitative estimate of drug-likeness (QED) is 0.342. The highest BCUT2D eigenvalue weighted by molar-refractivity contribution is 5.78. The molecule has 0 unspecified atom stereocenters. The molecule has 4 aromatic rings. The highest BCUT2D eigenvalue weighted by Gasteiger charge is 2.18. The van der Waals surface area contributed by atoms with Gasteiger partial charge >= 0.3 is 0 Å². The molecule has 0 saturated carbocycles. The first-order valence-electron chi connectivity index (χ1n) is 13.9. The highest BCUT2D eigenvalue weighted by Crippen LogP contribution is 2.33. The molecular weight excluding hydrogens is 350 g/mol. The van der Waals surface area contributed by atoms with E-state index in [0.29, 0.717) is 16.8 Å². The summed E-state index contributed by atoms with van der Waals surface area (Å²) in [7, 11) is 1.83. The van der Waals surface area contributed by atoms with Crippen LogP contribution in [0.3, 0.4) is 0 Å². The number of rotatable bonds is 3. The van der Waals surface area contributed by atoms with Gasteiger partial charge in [0.2, 0.25) is 5.69 Å². The van der Waals surface area contributed by atoms with Crippen LogP contribution in [0.5, 0.6) is 0 Å². The van der Waals surface area contributed by atoms with Gasteiger partial charge in [-0.25, -0.2) is 4.57 Å². The van der Waals surface area contributed by atoms with Gasteiger partial charge in [0.15, 0.2) is 6.20 Å². The zero-order valence-corrected chi connectivity index (χ0v) is 16.5. The number of benzene rings is 3. The SMILES string of the molecule is [2H]C([2H])([2H])c1cc(C)c(-c2cc(-c3c(C([2H])([2H])[2H])cccc3C([2H])([2H])[2H])cc[n+]2C)cc1-c1ccccc1. The fourth-order valence-electron chi connectivity index (χ4n) is 3.70. The first-order valence-corrected chi connectivity index (χ1v) is 9.44. The Bertz CT molecular complexity index is 1450. The number of hydrogen-bond donors (Lipinski definition) is 0. The van der Waals surface area contributed by atoms with E-state index in [9.17, 15) is 0 Å². The summed E-state index contributed by atoms with van der Waals surface area (Å²) in [5, 5.41) is 0. The fourth-order valence-corrected chi connectivity index (χ4v) is 3.70. The van der Waals surface area contributed by atoms with E-state index in [1.54, 1.807) is 24.4 Å². The summed E-state index contributed by atoms with van der Waals surface area (Å²) in [4.78, 5) is 0. The van der Waals surface area contributed by atoms with E-state index >= 15 is 0 Å². The third-order valence-corrected chi connectivity index (χ3v) is 5.23. The molecule has 1 heteroatoms. The monoisotopic (exact) mass is 387 g/mol. The summed E-state index contributed by atoms with van der Waals surface area (Å²) in [5.41, 5.74) is 4.28. The van der Waals surface area contributed by atoms with E-state index in [1.807, 2.05) is 54.9 Å². The van der Waals surface area contributed by atoms with Crippen LogP contribution in [-0.2, 0) is 7.05 Å². The molecule has 1 heterocycles. The maximum atomic E-state index is 8.11. The predicted molar refractivity (Wildman–Crippen MR) is 123 cm³/mol. The third kappa shape index (κ3) is 3.61. The minimum atomic E-state index is -2.52. The molecule has 0 radical (unpaired) electrons. The zero-order valence-electron chi connectivity index (χ0n) is 25.5. The van der Waals surface area contributed by atoms with Gasteiger partial charge in [-0.2, -0.15) is 0 Å². The van der Waals surface area contributed by atoms with Crippen LogP contribution in [0.4, 0.5) is 0 Å². The van der Waals surface area contributed by atoms with E-state index < -0.39 is 20.6 Å². The molecule has 0 bridgehead atoms. The predicted octanol–water partition coefficient (Wildman–Crippen LogP) is 6.75. The molecule has 144 valence electrons. The van der Waals surface area contributed by atoms with Crippen molar-refractivity contribution in [3.63, 3.8) is 0 Å². The molecule has 0 aliphatic heterocycles. The molecular formula is C28H28N+. The van der Waals surface area contributed by atoms with Crippen LogP contribution >= 0.6 is 0 Å². The summed E-state index contributed by atoms with van der Waals surface area (Å²) < 4.78 is 74.5. The lowest BCUT2D eigenvalue weighted by Gasteiger charge is -2.14. The van der Waals surface area contributed by atoms with Crippen LogP contribution in [0, 0.1) is 27.5 Å². The second-order valence-corrected chi connectivity index (χ2v) is 7.22. The molecule has 0 fully saturated rings. The van der Waals surface area contributed by atoms with Crippen molar-refractivity contribution in [3.8, 4) is 33.5 Å². The molecule has 0 saturated heterocycles. The lowest BCUT2D eigenvalue weighted by atomic mass is 9.91. The van der Waals surface area contributed by atoms with Gasteiger partial charge in [0.25, 0.3) is 0 Å². The summed E-state index contributed by atoms with van der Waals surface area (Å²) >= 11 is 0. The first-order chi connectivity index (χ1) is 17.6. The van der Waals surface area contributed by atoms with Crippen LogP contribution in [-0.4, -0.2) is 0 Å². The van der Waals surface area contributed by atoms with Crippen LogP contribution < -0.4 is 4.57 Å². The Balaban J connectivity index is 2.02. The van der Waals surface area contributed by atoms with Gasteiger partial charge in [0.05, 0.1) is 0 Å². The molecule has 1 aromatic heterocycles. The molecule has 29 heavy (non-hydrogen) atoms. The summed E-state index contributed by atoms with van der Waals surface area (Å²) in [6.07, 6.45) is 1.75. The van der Waals surface area contributed by atoms with Crippen molar-refractivity contribution in [2.75, 3.05) is 0 Å². The van der Waals surface area contributed by atoms with Gasteiger partial charge in [-0.05, 0) is 78.1 Å². The third-order valence-electron chi connectivity index (χ3n) is 5.23. The van der Waals surface area contributed by atoms with Crippen LogP contribution in [0.15, 0.2) is 79.0 Å². The standard InChI is InChI=1S/C28H28N/c1-19-10-9-11-20(2)28(19)24-14-15-29(5)27(17-24)26-18-25(21(3)16-22(26)4)23-12-7-6-8-13-23/h6-18H,1-5H3/q+1/i1D3,2D3,3D3. The molecule has 0 aliphatic rings. The minimum Gasteiger partial charge on any atom is -0.201 e. The van der Waals surface area contributed by atoms with Crippen molar-refractivity contribution in [1.29, 1.82) is 0 Å². The van der Waals surface area contributed by atoms with E-state index in [1.165, 1.54) is 18.2 Å². The summed E-state index contributed by atoms with van der Waals surface area (Å²) in [5.74, 6) is 0. The number of aryl methyl sites for hydroxylation is 5. The molecule has 0 N–H and O–H groups in total. The average Bonchev–Trinajstić information content (AvgIpc) is 2.83. The van der Waals surface area contributed by atoms with Gasteiger partial charge in [0, 0.05) is 30.0 Å². The van der Waals surface area contributed by atoms with E-state index in [0.717, 1.165) is 16.7 Å². The Morgan fingerprint density at radius 2 is 1.38 bits per heavy atom. The largest absolute Gasteiger partial charge is 0.213 e. The number of pyridine rings is 1. The van der Waals surface area contributed by atoms with Crippen LogP contribution in [0.2, 0.25) is 0 Å². The summed E-state index contributed by atoms with van der Waals surface area (Å²) in [6.45, 7) is -5.54. The van der Waals surface area contributed by atoms with Gasteiger partial charge < -0.3 is 0 Å². The topological polar surface area (TPSA) is 3.88 Å². The minimum absolute atomic E-state index is 0.0367. The smallest absolute Gasteiger partial charge is 0.201 e. The Hall–Kier alpha value is -3.19. The average molecular weight is 388 g/mol. The zero-order chi connectivity index (χ0) is 28.0. The number of aromatic nitrogens is 1. The second-order valence-electron chi connectivity index (χ2n) is 7.22. The Kier molecular flexibility index (Phi) is 2.94. The number of nitrogens with zero attached hydrogens (tertiary/aromatic N) is 1. The molecule has 0 aliphatic carbocycles. The molecule has 0 atom stereocenters. The molecule has 4 rings (SSSR count). The van der Waals surface area contributed by atoms with Crippen molar-refractivity contribution in [2.24, 2.45) is 7.05 Å². The van der Waals surface area contributed by atoms with Crippen LogP contribution in [0.1, 0.15) is 34.6 Å². The Morgan fingerprint density at radius 1 is 0.655 bits per heavy atom. The molecule has 0 spiro atoms. The lowest BCUT2D eigenvalue weighted by molar-refractivity contribution is -0.660. The van der Waals surface area contributed by atoms with Gasteiger partial charge in [0.1, 0.15) is 7.05 Å². The van der Waals surface area contributed by atoms with Crippen molar-refractivity contribution < 1.29 is 16.9 Å². The number of hydrogen-bond acceptors (Lipinski definition) is 0. The van der Waals surface area contributed by atoms with Crippen LogP contribution in [0.25, 0.3) is 33.5 Å². The van der Waals surface area contributed by atoms with Crippen molar-refractivity contribution >= 4 is 0 Å². The Labute approximate surface area is 187 Å². The van der Waals surface area contributed by atoms with Crippen molar-refractivity contribution in [1.82, 2.24) is 0 Å². The van der Waals surface area contributed by atoms with Gasteiger partial charge in [-0.15, -0.1) is 0 Å². The van der Waals surface area contributed by atoms with E-state index in [4.69, 9.17) is 12.3 Å². The molecule has 3 aromatic carbocycles. The van der Waals surface area contributed by atoms with Crippen molar-refractivity contribution in [2.45, 2.75) is 27.5 Å². The second kappa shape index (κ2) is 7.67. The van der Waals surface area contributed by atoms with E-state index in [2.05, 4.69) is 0 Å². The maximum Gasteiger partial charge on any atom is 0.213 e. The molecule has 0 amide bonds. The van der Waals surface area contributed by atoms with E-state index in [-0.39, 0.29) is 22.3 Å². The molecule has 1 nitrogen and oxygen atoms in total. The maximum absolute atomic E-state index is 8.11. The van der Waals surface area contributed by atoms with Crippen molar-refractivity contribution in [3.05, 3.63) is 101 Å². The normalized spacial score (nSPS) is 16.8. The van der Waals surface area contributed by atoms with Gasteiger partial charge in [-0.1, -0.05) is 54.6 Å². The summed E-state index contributed by atoms with van der Waals surface area (Å²) in [6, 6.07) is 20.6. The lowest BCUT2D eigenvalue weighted by Crippen LogP contribution is -2.30. The highest BCUT2D eigenvalue weighted by atomic mass is 14.9. The first kappa shape index (κ1) is 11.1. The van der Waals surface area contributed by atoms with Gasteiger partial charge in [-0.3, -0.25) is 0 Å². The fraction of sp³-hybridized carbons (Fsp3) is 0.179.